The summed E-state index contributed by atoms with van der Waals surface area (Å²) in [7, 11) is 10.8. The molecule has 5 nitrogen and oxygen atoms in total. The van der Waals surface area contributed by atoms with E-state index in [4.69, 9.17) is 0 Å². The molecule has 5 heterocycles. The summed E-state index contributed by atoms with van der Waals surface area (Å²) < 4.78 is 11.4. The maximum atomic E-state index is 2.38. The van der Waals surface area contributed by atoms with Crippen LogP contribution in [0.1, 0.15) is 156 Å². The fourth-order valence-corrected chi connectivity index (χ4v) is 21.6. The van der Waals surface area contributed by atoms with Crippen LogP contribution in [0.3, 0.4) is 0 Å². The van der Waals surface area contributed by atoms with E-state index in [1.165, 1.54) is 290 Å². The number of aryl methyl sites for hydroxylation is 23. The van der Waals surface area contributed by atoms with Crippen molar-refractivity contribution in [1.29, 1.82) is 0 Å². The minimum absolute atomic E-state index is 0.986. The van der Waals surface area contributed by atoms with Crippen molar-refractivity contribution in [2.75, 3.05) is 0 Å². The fourth-order valence-electron chi connectivity index (χ4n) is 21.6. The summed E-state index contributed by atoms with van der Waals surface area (Å²) in [6.07, 6.45) is 16.3. The van der Waals surface area contributed by atoms with Crippen LogP contribution in [-0.2, 0) is 67.3 Å². The van der Waals surface area contributed by atoms with E-state index in [1.54, 1.807) is 0 Å². The molecule has 22 rings (SSSR count). The SMILES string of the molecule is Cc1cc(-c2c(C)ccc3c2Cc2c(-c4ccccc4)cccc2-3)[n+](C)cc1C.Cc1cc(-c2c(C)ccc3c2Cc2c(C)cccc2-3)[n+](C)cc1C.Cc1cc(-c2c(C)ccc3c2Cc2cc(-c4ccccc4)ccc2-3)[n+](C)cc1C.Cc1cc(-c2c(C)ccc3c2Cc2cccc(C)c2-3)[n+](C)cc1C.Cc1ccc2c(c1)-c1ccc(C)c(-c3cc(C)c(C)c[n+]3C)c1C2. The van der Waals surface area contributed by atoms with E-state index in [0.29, 0.717) is 0 Å². The van der Waals surface area contributed by atoms with Gasteiger partial charge in [0.2, 0.25) is 28.5 Å². The highest BCUT2D eigenvalue weighted by atomic mass is 14.9. The first-order chi connectivity index (χ1) is 62.5. The molecule has 0 fully saturated rings. The number of hydrogen-bond donors (Lipinski definition) is 0. The largest absolute Gasteiger partial charge is 0.213 e. The van der Waals surface area contributed by atoms with E-state index >= 15 is 0 Å². The van der Waals surface area contributed by atoms with Gasteiger partial charge in [0.1, 0.15) is 35.2 Å². The van der Waals surface area contributed by atoms with Crippen molar-refractivity contribution in [1.82, 2.24) is 0 Å². The Morgan fingerprint density at radius 3 is 0.923 bits per heavy atom. The van der Waals surface area contributed by atoms with Gasteiger partial charge in [-0.25, -0.2) is 22.8 Å². The van der Waals surface area contributed by atoms with Gasteiger partial charge in [0.15, 0.2) is 31.0 Å². The molecule has 0 aliphatic heterocycles. The second kappa shape index (κ2) is 35.1. The molecule has 12 aromatic carbocycles. The Balaban J connectivity index is 0.000000110. The molecule has 0 amide bonds. The third-order valence-electron chi connectivity index (χ3n) is 29.3. The number of nitrogens with zero attached hydrogens (tertiary/aromatic N) is 5. The number of hydrogen-bond acceptors (Lipinski definition) is 0. The topological polar surface area (TPSA) is 19.4 Å². The van der Waals surface area contributed by atoms with Crippen LogP contribution in [0.15, 0.2) is 274 Å². The van der Waals surface area contributed by atoms with Crippen LogP contribution >= 0.6 is 0 Å². The van der Waals surface area contributed by atoms with Crippen LogP contribution in [0.25, 0.3) is 134 Å². The van der Waals surface area contributed by atoms with E-state index in [1.807, 2.05) is 0 Å². The van der Waals surface area contributed by atoms with E-state index in [2.05, 4.69) is 456 Å². The van der Waals surface area contributed by atoms with Crippen molar-refractivity contribution in [2.24, 2.45) is 35.2 Å². The van der Waals surface area contributed by atoms with Gasteiger partial charge in [-0.2, -0.15) is 0 Å². The molecule has 5 heteroatoms. The van der Waals surface area contributed by atoms with E-state index < -0.39 is 0 Å². The summed E-state index contributed by atoms with van der Waals surface area (Å²) in [5.41, 5.74) is 71.8. The highest BCUT2D eigenvalue weighted by Crippen LogP contribution is 2.51. The number of aromatic nitrogens is 5. The standard InChI is InChI=1S/2C28H26N.3C23H24N/c1-18-13-14-24-23-12-8-11-22(21-9-6-5-7-10-21)25(23)16-26(24)28(18)27-15-19(2)20(3)17-29(27)4;1-18-10-12-25-24-13-11-22(21-8-6-5-7-9-21)15-23(24)16-26(25)28(18)27-14-19(2)20(3)17-29(27)4;1-14-6-8-18-12-21-19(20(18)10-14)9-7-15(2)23(21)22-11-16(3)17(4)13-24(22)5;1-14-7-6-8-18-19-10-9-15(2)23(21(19)12-20(14)18)22-11-16(3)17(4)13-24(22)5;1-14-7-6-8-18-12-20-19(22(14)18)10-9-15(2)23(20)21-11-16(3)17(4)13-24(21)5/h2*5-15,17H,16H2,1-4H3;3*6-11,13H,12H2,1-5H3/q5*+1. The van der Waals surface area contributed by atoms with E-state index in [0.717, 1.165) is 32.1 Å². The molecule has 5 aliphatic rings. The summed E-state index contributed by atoms with van der Waals surface area (Å²) >= 11 is 0. The monoisotopic (exact) mass is 1690 g/mol. The lowest BCUT2D eigenvalue weighted by atomic mass is 9.92. The minimum Gasteiger partial charge on any atom is -0.201 e. The molecule has 0 N–H and O–H groups in total. The molecule has 5 aromatic heterocycles. The van der Waals surface area contributed by atoms with Crippen LogP contribution in [0.5, 0.6) is 0 Å². The molecule has 130 heavy (non-hydrogen) atoms. The summed E-state index contributed by atoms with van der Waals surface area (Å²) in [5.74, 6) is 0. The van der Waals surface area contributed by atoms with Gasteiger partial charge in [0, 0.05) is 64.6 Å². The van der Waals surface area contributed by atoms with Crippen LogP contribution in [-0.4, -0.2) is 0 Å². The van der Waals surface area contributed by atoms with Crippen LogP contribution in [0, 0.1) is 125 Å². The highest BCUT2D eigenvalue weighted by Gasteiger charge is 2.35. The average molecular weight is 1700 g/mol. The van der Waals surface area contributed by atoms with Crippen molar-refractivity contribution in [2.45, 2.75) is 157 Å². The molecule has 5 aliphatic carbocycles. The Bertz CT molecular complexity index is 7480. The Morgan fingerprint density at radius 2 is 0.477 bits per heavy atom. The molecular weight excluding hydrogens is 1570 g/mol. The zero-order valence-electron chi connectivity index (χ0n) is 80.8. The normalized spacial score (nSPS) is 12.1. The zero-order valence-corrected chi connectivity index (χ0v) is 80.8. The smallest absolute Gasteiger partial charge is 0.201 e. The predicted molar refractivity (Wildman–Crippen MR) is 543 cm³/mol. The molecular formula is C125H124N5+5. The quantitative estimate of drug-likeness (QED) is 0.142. The van der Waals surface area contributed by atoms with Crippen LogP contribution in [0.4, 0.5) is 0 Å². The lowest BCUT2D eigenvalue weighted by molar-refractivity contribution is -0.660. The average Bonchev–Trinajstić information content (AvgIpc) is 1.60. The Hall–Kier alpha value is -13.6. The van der Waals surface area contributed by atoms with Crippen molar-refractivity contribution < 1.29 is 22.8 Å². The lowest BCUT2D eigenvalue weighted by Crippen LogP contribution is -2.32. The Labute approximate surface area is 773 Å². The first-order valence-corrected chi connectivity index (χ1v) is 46.6. The summed E-state index contributed by atoms with van der Waals surface area (Å²) in [5, 5.41) is 0. The first kappa shape index (κ1) is 87.1. The molecule has 0 radical (unpaired) electrons. The molecule has 0 saturated carbocycles. The third-order valence-corrected chi connectivity index (χ3v) is 29.3. The highest BCUT2D eigenvalue weighted by molar-refractivity contribution is 5.93. The fraction of sp³-hybridized carbons (Fsp3) is 0.224. The van der Waals surface area contributed by atoms with Crippen LogP contribution in [0.2, 0.25) is 0 Å². The number of benzene rings is 12. The molecule has 0 bridgehead atoms. The van der Waals surface area contributed by atoms with Crippen LogP contribution < -0.4 is 22.8 Å². The maximum Gasteiger partial charge on any atom is 0.213 e. The second-order valence-electron chi connectivity index (χ2n) is 38.3. The number of rotatable bonds is 7. The molecule has 0 atom stereocenters. The lowest BCUT2D eigenvalue weighted by Gasteiger charge is -2.12. The van der Waals surface area contributed by atoms with Gasteiger partial charge in [0.05, 0.1) is 27.8 Å². The van der Waals surface area contributed by atoms with Gasteiger partial charge in [0.25, 0.3) is 0 Å². The number of pyridine rings is 5. The molecule has 17 aromatic rings. The van der Waals surface area contributed by atoms with Gasteiger partial charge in [-0.3, -0.25) is 0 Å². The predicted octanol–water partition coefficient (Wildman–Crippen LogP) is 27.6. The molecule has 0 saturated heterocycles. The third kappa shape index (κ3) is 16.0. The molecule has 0 spiro atoms. The number of fused-ring (bicyclic) bond motifs is 15. The zero-order chi connectivity index (χ0) is 91.3. The second-order valence-corrected chi connectivity index (χ2v) is 38.3. The van der Waals surface area contributed by atoms with Gasteiger partial charge in [-0.1, -0.05) is 218 Å². The molecule has 0 unspecified atom stereocenters. The van der Waals surface area contributed by atoms with E-state index in [-0.39, 0.29) is 0 Å². The maximum absolute atomic E-state index is 2.38. The van der Waals surface area contributed by atoms with Crippen molar-refractivity contribution in [3.8, 4) is 134 Å². The van der Waals surface area contributed by atoms with E-state index in [9.17, 15) is 0 Å². The molecule has 644 valence electrons. The van der Waals surface area contributed by atoms with Gasteiger partial charge in [-0.15, -0.1) is 0 Å². The van der Waals surface area contributed by atoms with Crippen molar-refractivity contribution in [3.63, 3.8) is 0 Å². The Kier molecular flexibility index (Phi) is 23.5. The Morgan fingerprint density at radius 1 is 0.162 bits per heavy atom. The van der Waals surface area contributed by atoms with Gasteiger partial charge < -0.3 is 0 Å². The summed E-state index contributed by atoms with van der Waals surface area (Å²) in [6.45, 7) is 39.8. The van der Waals surface area contributed by atoms with Gasteiger partial charge in [-0.05, 0) is 351 Å². The summed E-state index contributed by atoms with van der Waals surface area (Å²) in [6, 6.07) is 90.0. The van der Waals surface area contributed by atoms with Crippen molar-refractivity contribution in [3.05, 3.63) is 429 Å². The first-order valence-electron chi connectivity index (χ1n) is 46.6. The van der Waals surface area contributed by atoms with Gasteiger partial charge >= 0.3 is 0 Å². The van der Waals surface area contributed by atoms with Crippen molar-refractivity contribution >= 4 is 0 Å². The summed E-state index contributed by atoms with van der Waals surface area (Å²) in [4.78, 5) is 0. The minimum atomic E-state index is 0.986.